The van der Waals surface area contributed by atoms with Gasteiger partial charge in [-0.3, -0.25) is 13.9 Å². The molecule has 3 rings (SSSR count). The molecule has 1 fully saturated rings. The van der Waals surface area contributed by atoms with Crippen LogP contribution in [0.2, 0.25) is 5.02 Å². The minimum atomic E-state index is -3.80. The minimum absolute atomic E-state index is 0.0979. The number of nitrogens with zero attached hydrogens (tertiary/aromatic N) is 2. The van der Waals surface area contributed by atoms with E-state index in [1.165, 1.54) is 11.3 Å². The molecule has 0 spiro atoms. The van der Waals surface area contributed by atoms with Crippen molar-refractivity contribution in [1.29, 1.82) is 0 Å². The van der Waals surface area contributed by atoms with Gasteiger partial charge in [0, 0.05) is 22.1 Å². The van der Waals surface area contributed by atoms with Crippen LogP contribution >= 0.6 is 27.5 Å². The van der Waals surface area contributed by atoms with Crippen molar-refractivity contribution in [2.75, 3.05) is 17.1 Å². The summed E-state index contributed by atoms with van der Waals surface area (Å²) in [6.07, 6.45) is 6.23. The van der Waals surface area contributed by atoms with E-state index in [4.69, 9.17) is 11.6 Å². The van der Waals surface area contributed by atoms with E-state index in [-0.39, 0.29) is 18.5 Å². The predicted octanol–water partition coefficient (Wildman–Crippen LogP) is 5.04. The molecule has 0 unspecified atom stereocenters. The van der Waals surface area contributed by atoms with E-state index in [0.717, 1.165) is 46.3 Å². The topological polar surface area (TPSA) is 86.8 Å². The number of rotatable bonds is 9. The van der Waals surface area contributed by atoms with Gasteiger partial charge in [-0.25, -0.2) is 8.42 Å². The second-order valence-electron chi connectivity index (χ2n) is 9.37. The number of anilines is 1. The first-order chi connectivity index (χ1) is 17.0. The number of halogens is 2. The van der Waals surface area contributed by atoms with Gasteiger partial charge in [-0.1, -0.05) is 58.9 Å². The minimum Gasteiger partial charge on any atom is -0.352 e. The Morgan fingerprint density at radius 3 is 2.44 bits per heavy atom. The van der Waals surface area contributed by atoms with Crippen LogP contribution in [0.1, 0.15) is 50.2 Å². The first kappa shape index (κ1) is 28.5. The Hall–Kier alpha value is -2.10. The average Bonchev–Trinajstić information content (AvgIpc) is 2.81. The number of carbonyl (C=O) groups is 2. The lowest BCUT2D eigenvalue weighted by molar-refractivity contribution is -0.139. The molecular formula is C26H33BrClN3O4S. The van der Waals surface area contributed by atoms with Crippen molar-refractivity contribution in [3.05, 3.63) is 63.1 Å². The van der Waals surface area contributed by atoms with E-state index in [1.54, 1.807) is 32.0 Å². The van der Waals surface area contributed by atoms with Crippen molar-refractivity contribution in [2.24, 2.45) is 0 Å². The monoisotopic (exact) mass is 597 g/mol. The van der Waals surface area contributed by atoms with Crippen molar-refractivity contribution < 1.29 is 18.0 Å². The molecule has 0 aromatic heterocycles. The highest BCUT2D eigenvalue weighted by atomic mass is 79.9. The zero-order chi connectivity index (χ0) is 26.5. The largest absolute Gasteiger partial charge is 0.352 e. The van der Waals surface area contributed by atoms with Gasteiger partial charge in [0.25, 0.3) is 0 Å². The Balaban J connectivity index is 1.89. The van der Waals surface area contributed by atoms with Crippen LogP contribution in [0.3, 0.4) is 0 Å². The van der Waals surface area contributed by atoms with Crippen molar-refractivity contribution in [1.82, 2.24) is 10.2 Å². The third kappa shape index (κ3) is 7.70. The standard InChI is InChI=1S/C26H33BrClN3O4S/c1-18-14-22(28)12-13-24(18)31(36(3,34)35)17-25(32)30(16-20-8-7-9-21(27)15-20)19(2)26(33)29-23-10-5-4-6-11-23/h7-9,12-15,19,23H,4-6,10-11,16-17H2,1-3H3,(H,29,33)/t19-/m0/s1. The molecule has 1 aliphatic rings. The maximum absolute atomic E-state index is 13.7. The van der Waals surface area contributed by atoms with E-state index in [1.807, 2.05) is 24.3 Å². The molecule has 196 valence electrons. The van der Waals surface area contributed by atoms with Gasteiger partial charge in [-0.2, -0.15) is 0 Å². The second kappa shape index (κ2) is 12.4. The Labute approximate surface area is 227 Å². The Morgan fingerprint density at radius 2 is 1.83 bits per heavy atom. The van der Waals surface area contributed by atoms with Gasteiger partial charge in [0.1, 0.15) is 12.6 Å². The zero-order valence-corrected chi connectivity index (χ0v) is 24.0. The third-order valence-corrected chi connectivity index (χ3v) is 8.32. The summed E-state index contributed by atoms with van der Waals surface area (Å²) in [5, 5.41) is 3.57. The Morgan fingerprint density at radius 1 is 1.14 bits per heavy atom. The number of nitrogens with one attached hydrogen (secondary N) is 1. The average molecular weight is 599 g/mol. The van der Waals surface area contributed by atoms with Gasteiger partial charge < -0.3 is 10.2 Å². The molecule has 0 radical (unpaired) electrons. The molecular weight excluding hydrogens is 566 g/mol. The molecule has 2 aromatic rings. The molecule has 1 aliphatic carbocycles. The highest BCUT2D eigenvalue weighted by molar-refractivity contribution is 9.10. The van der Waals surface area contributed by atoms with Gasteiger partial charge in [0.05, 0.1) is 11.9 Å². The first-order valence-electron chi connectivity index (χ1n) is 12.0. The first-order valence-corrected chi connectivity index (χ1v) is 15.1. The van der Waals surface area contributed by atoms with Gasteiger partial charge in [-0.15, -0.1) is 0 Å². The number of benzene rings is 2. The maximum atomic E-state index is 13.7. The van der Waals surface area contributed by atoms with E-state index in [9.17, 15) is 18.0 Å². The van der Waals surface area contributed by atoms with Crippen LogP contribution < -0.4 is 9.62 Å². The molecule has 2 amide bonds. The van der Waals surface area contributed by atoms with E-state index < -0.39 is 28.5 Å². The van der Waals surface area contributed by atoms with Crippen LogP contribution in [0, 0.1) is 6.92 Å². The SMILES string of the molecule is Cc1cc(Cl)ccc1N(CC(=O)N(Cc1cccc(Br)c1)[C@@H](C)C(=O)NC1CCCCC1)S(C)(=O)=O. The lowest BCUT2D eigenvalue weighted by atomic mass is 9.95. The number of carbonyl (C=O) groups excluding carboxylic acids is 2. The zero-order valence-electron chi connectivity index (χ0n) is 20.8. The van der Waals surface area contributed by atoms with Crippen LogP contribution in [0.4, 0.5) is 5.69 Å². The van der Waals surface area contributed by atoms with E-state index in [0.29, 0.717) is 16.3 Å². The molecule has 36 heavy (non-hydrogen) atoms. The van der Waals surface area contributed by atoms with Crippen LogP contribution in [0.25, 0.3) is 0 Å². The number of aryl methyl sites for hydroxylation is 1. The lowest BCUT2D eigenvalue weighted by Gasteiger charge is -2.33. The quantitative estimate of drug-likeness (QED) is 0.438. The summed E-state index contributed by atoms with van der Waals surface area (Å²) in [4.78, 5) is 28.3. The molecule has 1 saturated carbocycles. The third-order valence-electron chi connectivity index (χ3n) is 6.47. The van der Waals surface area contributed by atoms with Crippen molar-refractivity contribution in [3.63, 3.8) is 0 Å². The highest BCUT2D eigenvalue weighted by Crippen LogP contribution is 2.26. The molecule has 7 nitrogen and oxygen atoms in total. The van der Waals surface area contributed by atoms with E-state index >= 15 is 0 Å². The number of amides is 2. The normalized spacial score (nSPS) is 15.2. The molecule has 0 heterocycles. The predicted molar refractivity (Wildman–Crippen MR) is 148 cm³/mol. The van der Waals surface area contributed by atoms with Gasteiger partial charge >= 0.3 is 0 Å². The van der Waals surface area contributed by atoms with Crippen LogP contribution in [-0.4, -0.2) is 50.0 Å². The summed E-state index contributed by atoms with van der Waals surface area (Å²) in [5.74, 6) is -0.708. The fourth-order valence-electron chi connectivity index (χ4n) is 4.48. The number of sulfonamides is 1. The molecule has 2 aromatic carbocycles. The molecule has 0 aliphatic heterocycles. The molecule has 10 heteroatoms. The second-order valence-corrected chi connectivity index (χ2v) is 12.6. The molecule has 0 bridgehead atoms. The van der Waals surface area contributed by atoms with Crippen LogP contribution in [0.5, 0.6) is 0 Å². The van der Waals surface area contributed by atoms with Crippen LogP contribution in [-0.2, 0) is 26.2 Å². The highest BCUT2D eigenvalue weighted by Gasteiger charge is 2.31. The summed E-state index contributed by atoms with van der Waals surface area (Å²) in [7, 11) is -3.80. The van der Waals surface area contributed by atoms with Crippen molar-refractivity contribution in [2.45, 2.75) is 64.6 Å². The molecule has 1 atom stereocenters. The molecule has 1 N–H and O–H groups in total. The smallest absolute Gasteiger partial charge is 0.244 e. The summed E-state index contributed by atoms with van der Waals surface area (Å²) in [6.45, 7) is 3.15. The van der Waals surface area contributed by atoms with E-state index in [2.05, 4.69) is 21.2 Å². The summed E-state index contributed by atoms with van der Waals surface area (Å²) in [5.41, 5.74) is 1.82. The van der Waals surface area contributed by atoms with Crippen LogP contribution in [0.15, 0.2) is 46.9 Å². The maximum Gasteiger partial charge on any atom is 0.244 e. The van der Waals surface area contributed by atoms with Crippen molar-refractivity contribution >= 4 is 55.1 Å². The fourth-order valence-corrected chi connectivity index (χ4v) is 6.06. The molecule has 0 saturated heterocycles. The Kier molecular flexibility index (Phi) is 9.83. The summed E-state index contributed by atoms with van der Waals surface area (Å²) in [6, 6.07) is 11.6. The van der Waals surface area contributed by atoms with Gasteiger partial charge in [0.2, 0.25) is 21.8 Å². The van der Waals surface area contributed by atoms with Gasteiger partial charge in [-0.05, 0) is 68.1 Å². The number of hydrogen-bond acceptors (Lipinski definition) is 4. The lowest BCUT2D eigenvalue weighted by Crippen LogP contribution is -2.53. The van der Waals surface area contributed by atoms with Crippen molar-refractivity contribution in [3.8, 4) is 0 Å². The van der Waals surface area contributed by atoms with Gasteiger partial charge in [0.15, 0.2) is 0 Å². The Bertz CT molecular complexity index is 1200. The summed E-state index contributed by atoms with van der Waals surface area (Å²) >= 11 is 9.51. The fraction of sp³-hybridized carbons (Fsp3) is 0.462. The summed E-state index contributed by atoms with van der Waals surface area (Å²) < 4.78 is 27.4. The number of hydrogen-bond donors (Lipinski definition) is 1.